The second-order valence-corrected chi connectivity index (χ2v) is 1.22. The Kier molecular flexibility index (Phi) is 2.73. The number of hydrogen-bond acceptors (Lipinski definition) is 1. The highest BCUT2D eigenvalue weighted by Crippen LogP contribution is 1.83. The van der Waals surface area contributed by atoms with Crippen LogP contribution in [0.1, 0.15) is 19.8 Å². The molecule has 0 heterocycles. The molecule has 0 N–H and O–H groups in total. The molecule has 0 saturated carbocycles. The van der Waals surface area contributed by atoms with Crippen LogP contribution in [0.25, 0.3) is 0 Å². The SMILES string of the molecule is [CH]C(=O)CCC. The van der Waals surface area contributed by atoms with E-state index in [0.717, 1.165) is 6.42 Å². The van der Waals surface area contributed by atoms with Gasteiger partial charge in [0.1, 0.15) is 5.78 Å². The second kappa shape index (κ2) is 2.88. The minimum absolute atomic E-state index is 0.211. The third-order valence-electron chi connectivity index (χ3n) is 0.496. The van der Waals surface area contributed by atoms with Crippen LogP contribution in [0.2, 0.25) is 0 Å². The van der Waals surface area contributed by atoms with Gasteiger partial charge in [-0.05, 0) is 6.42 Å². The van der Waals surface area contributed by atoms with E-state index in [1.165, 1.54) is 0 Å². The molecule has 0 unspecified atom stereocenters. The van der Waals surface area contributed by atoms with Gasteiger partial charge in [0.25, 0.3) is 0 Å². The Labute approximate surface area is 38.4 Å². The molecule has 0 fully saturated rings. The lowest BCUT2D eigenvalue weighted by atomic mass is 10.3. The Morgan fingerprint density at radius 1 is 1.83 bits per heavy atom. The van der Waals surface area contributed by atoms with E-state index < -0.39 is 0 Å². The summed E-state index contributed by atoms with van der Waals surface area (Å²) >= 11 is 0. The van der Waals surface area contributed by atoms with Gasteiger partial charge >= 0.3 is 0 Å². The highest BCUT2D eigenvalue weighted by molar-refractivity contribution is 5.82. The Morgan fingerprint density at radius 2 is 2.33 bits per heavy atom. The van der Waals surface area contributed by atoms with E-state index in [9.17, 15) is 4.79 Å². The molecule has 0 aliphatic rings. The van der Waals surface area contributed by atoms with Crippen LogP contribution in [0.5, 0.6) is 0 Å². The molecule has 0 rings (SSSR count). The van der Waals surface area contributed by atoms with Crippen LogP contribution in [0.15, 0.2) is 0 Å². The van der Waals surface area contributed by atoms with E-state index in [4.69, 9.17) is 6.92 Å². The maximum Gasteiger partial charge on any atom is 0.137 e. The first-order chi connectivity index (χ1) is 2.77. The quantitative estimate of drug-likeness (QED) is 0.489. The van der Waals surface area contributed by atoms with Gasteiger partial charge in [0, 0.05) is 13.3 Å². The van der Waals surface area contributed by atoms with Crippen molar-refractivity contribution in [2.45, 2.75) is 19.8 Å². The van der Waals surface area contributed by atoms with Gasteiger partial charge in [0.05, 0.1) is 0 Å². The van der Waals surface area contributed by atoms with Gasteiger partial charge in [0.15, 0.2) is 0 Å². The molecule has 0 aromatic rings. The molecule has 34 valence electrons. The van der Waals surface area contributed by atoms with Crippen LogP contribution in [0.3, 0.4) is 0 Å². The molecule has 0 amide bonds. The summed E-state index contributed by atoms with van der Waals surface area (Å²) in [6.45, 7) is 6.69. The van der Waals surface area contributed by atoms with E-state index >= 15 is 0 Å². The minimum Gasteiger partial charge on any atom is -0.299 e. The van der Waals surface area contributed by atoms with Gasteiger partial charge in [-0.3, -0.25) is 4.79 Å². The maximum atomic E-state index is 9.82. The van der Waals surface area contributed by atoms with Crippen molar-refractivity contribution in [2.75, 3.05) is 0 Å². The fourth-order valence-corrected chi connectivity index (χ4v) is 0.246. The standard InChI is InChI=1S/C5H8O/c1-3-4-5(2)6/h2H,3-4H2,1H3. The number of ketones is 1. The molecule has 0 aromatic heterocycles. The third kappa shape index (κ3) is 3.67. The molecular weight excluding hydrogens is 76.1 g/mol. The number of carbonyl (C=O) groups excluding carboxylic acids is 1. The van der Waals surface area contributed by atoms with E-state index in [-0.39, 0.29) is 5.78 Å². The van der Waals surface area contributed by atoms with Crippen LogP contribution < -0.4 is 0 Å². The smallest absolute Gasteiger partial charge is 0.137 e. The Bertz CT molecular complexity index is 47.9. The lowest BCUT2D eigenvalue weighted by molar-refractivity contribution is -0.114. The van der Waals surface area contributed by atoms with Crippen LogP contribution >= 0.6 is 0 Å². The first-order valence-corrected chi connectivity index (χ1v) is 2.05. The van der Waals surface area contributed by atoms with Gasteiger partial charge in [-0.2, -0.15) is 0 Å². The van der Waals surface area contributed by atoms with Crippen LogP contribution in [-0.2, 0) is 4.79 Å². The van der Waals surface area contributed by atoms with E-state index in [0.29, 0.717) is 6.42 Å². The summed E-state index contributed by atoms with van der Waals surface area (Å²) in [5.74, 6) is -0.211. The summed E-state index contributed by atoms with van der Waals surface area (Å²) in [6, 6.07) is 0. The van der Waals surface area contributed by atoms with Gasteiger partial charge in [-0.1, -0.05) is 6.92 Å². The zero-order valence-electron chi connectivity index (χ0n) is 3.90. The predicted molar refractivity (Wildman–Crippen MR) is 24.2 cm³/mol. The highest BCUT2D eigenvalue weighted by atomic mass is 16.1. The summed E-state index contributed by atoms with van der Waals surface area (Å²) in [6.07, 6.45) is 1.37. The molecule has 0 saturated heterocycles. The second-order valence-electron chi connectivity index (χ2n) is 1.22. The van der Waals surface area contributed by atoms with E-state index in [1.807, 2.05) is 6.92 Å². The zero-order valence-corrected chi connectivity index (χ0v) is 3.90. The van der Waals surface area contributed by atoms with Crippen molar-refractivity contribution < 1.29 is 4.79 Å². The number of Topliss-reactive ketones (excluding diaryl/α,β-unsaturated/α-hetero) is 1. The van der Waals surface area contributed by atoms with E-state index in [1.54, 1.807) is 0 Å². The van der Waals surface area contributed by atoms with E-state index in [2.05, 4.69) is 0 Å². The molecular formula is C5H8O. The van der Waals surface area contributed by atoms with Gasteiger partial charge in [0.2, 0.25) is 0 Å². The van der Waals surface area contributed by atoms with Gasteiger partial charge in [-0.25, -0.2) is 0 Å². The molecule has 0 aromatic carbocycles. The monoisotopic (exact) mass is 84.1 g/mol. The molecule has 6 heavy (non-hydrogen) atoms. The first kappa shape index (κ1) is 5.67. The number of rotatable bonds is 2. The summed E-state index contributed by atoms with van der Waals surface area (Å²) < 4.78 is 0. The number of hydrogen-bond donors (Lipinski definition) is 0. The van der Waals surface area contributed by atoms with Gasteiger partial charge < -0.3 is 0 Å². The maximum absolute atomic E-state index is 9.82. The molecule has 2 radical (unpaired) electrons. The molecule has 1 heteroatoms. The predicted octanol–water partition coefficient (Wildman–Crippen LogP) is 1.07. The summed E-state index contributed by atoms with van der Waals surface area (Å²) in [4.78, 5) is 9.82. The van der Waals surface area contributed by atoms with Crippen molar-refractivity contribution in [3.8, 4) is 0 Å². The molecule has 0 bridgehead atoms. The minimum atomic E-state index is -0.211. The Morgan fingerprint density at radius 3 is 2.33 bits per heavy atom. The largest absolute Gasteiger partial charge is 0.299 e. The topological polar surface area (TPSA) is 17.1 Å². The average Bonchev–Trinajstić information content (AvgIpc) is 1.35. The van der Waals surface area contributed by atoms with Crippen molar-refractivity contribution in [1.82, 2.24) is 0 Å². The van der Waals surface area contributed by atoms with Crippen molar-refractivity contribution in [3.63, 3.8) is 0 Å². The van der Waals surface area contributed by atoms with Crippen molar-refractivity contribution >= 4 is 5.78 Å². The Balaban J connectivity index is 2.83. The lowest BCUT2D eigenvalue weighted by Crippen LogP contribution is -1.85. The van der Waals surface area contributed by atoms with Crippen molar-refractivity contribution in [1.29, 1.82) is 0 Å². The fourth-order valence-electron chi connectivity index (χ4n) is 0.246. The average molecular weight is 84.1 g/mol. The highest BCUT2D eigenvalue weighted by Gasteiger charge is 1.84. The summed E-state index contributed by atoms with van der Waals surface area (Å²) in [7, 11) is 0. The fraction of sp³-hybridized carbons (Fsp3) is 0.600. The molecule has 0 aliphatic heterocycles. The van der Waals surface area contributed by atoms with Crippen LogP contribution in [-0.4, -0.2) is 5.78 Å². The van der Waals surface area contributed by atoms with Crippen LogP contribution in [0, 0.1) is 6.92 Å². The molecule has 0 aliphatic carbocycles. The lowest BCUT2D eigenvalue weighted by Gasteiger charge is -1.80. The molecule has 0 spiro atoms. The first-order valence-electron chi connectivity index (χ1n) is 2.05. The van der Waals surface area contributed by atoms with Gasteiger partial charge in [-0.15, -0.1) is 0 Å². The van der Waals surface area contributed by atoms with Crippen molar-refractivity contribution in [2.24, 2.45) is 0 Å². The molecule has 1 nitrogen and oxygen atoms in total. The third-order valence-corrected chi connectivity index (χ3v) is 0.496. The summed E-state index contributed by atoms with van der Waals surface area (Å²) in [5.41, 5.74) is 0. The Hall–Kier alpha value is -0.330. The normalized spacial score (nSPS) is 8.33. The summed E-state index contributed by atoms with van der Waals surface area (Å²) in [5, 5.41) is 0. The molecule has 0 atom stereocenters. The van der Waals surface area contributed by atoms with Crippen LogP contribution in [0.4, 0.5) is 0 Å². The number of carbonyl (C=O) groups is 1. The van der Waals surface area contributed by atoms with Crippen molar-refractivity contribution in [3.05, 3.63) is 6.92 Å². The zero-order chi connectivity index (χ0) is 4.99.